The van der Waals surface area contributed by atoms with Crippen LogP contribution in [-0.2, 0) is 4.79 Å². The van der Waals surface area contributed by atoms with Crippen LogP contribution in [0, 0.1) is 19.3 Å². The molecule has 1 aromatic rings. The van der Waals surface area contributed by atoms with Crippen LogP contribution in [0.15, 0.2) is 18.2 Å². The quantitative estimate of drug-likeness (QED) is 0.905. The molecule has 1 amide bonds. The number of hydrogen-bond donors (Lipinski definition) is 1. The van der Waals surface area contributed by atoms with E-state index < -0.39 is 0 Å². The molecule has 5 heteroatoms. The fourth-order valence-corrected chi connectivity index (χ4v) is 3.88. The molecule has 0 saturated carbocycles. The normalized spacial score (nSPS) is 19.2. The Balaban J connectivity index is 0.00000208. The van der Waals surface area contributed by atoms with Gasteiger partial charge in [0.05, 0.1) is 13.0 Å². The number of benzene rings is 1. The Hall–Kier alpha value is -1.26. The first-order chi connectivity index (χ1) is 11.1. The number of aryl methyl sites for hydroxylation is 2. The summed E-state index contributed by atoms with van der Waals surface area (Å²) >= 11 is 0. The lowest BCUT2D eigenvalue weighted by Gasteiger charge is -2.38. The van der Waals surface area contributed by atoms with Gasteiger partial charge < -0.3 is 15.0 Å². The maximum atomic E-state index is 12.4. The molecule has 2 saturated heterocycles. The molecule has 2 aliphatic rings. The monoisotopic (exact) mass is 352 g/mol. The van der Waals surface area contributed by atoms with Crippen molar-refractivity contribution in [3.63, 3.8) is 0 Å². The highest BCUT2D eigenvalue weighted by Gasteiger charge is 2.37. The van der Waals surface area contributed by atoms with Crippen molar-refractivity contribution in [3.8, 4) is 5.75 Å². The Labute approximate surface area is 151 Å². The van der Waals surface area contributed by atoms with Gasteiger partial charge in [-0.15, -0.1) is 12.4 Å². The standard InChI is InChI=1S/C19H28N2O2.ClH/c1-15-11-16(2)13-17(12-15)23-10-3-18(22)21-8-5-19(6-9-21)4-7-20-14-19;/h11-13,20H,3-10,14H2,1-2H3;1H. The summed E-state index contributed by atoms with van der Waals surface area (Å²) in [6.45, 7) is 8.67. The van der Waals surface area contributed by atoms with Crippen LogP contribution >= 0.6 is 12.4 Å². The molecule has 24 heavy (non-hydrogen) atoms. The Morgan fingerprint density at radius 2 is 1.83 bits per heavy atom. The van der Waals surface area contributed by atoms with Crippen molar-refractivity contribution in [2.45, 2.75) is 39.5 Å². The highest BCUT2D eigenvalue weighted by molar-refractivity contribution is 5.85. The summed E-state index contributed by atoms with van der Waals surface area (Å²) in [7, 11) is 0. The summed E-state index contributed by atoms with van der Waals surface area (Å²) in [5.74, 6) is 1.10. The van der Waals surface area contributed by atoms with E-state index in [-0.39, 0.29) is 18.3 Å². The van der Waals surface area contributed by atoms with E-state index in [0.29, 0.717) is 18.4 Å². The zero-order chi connectivity index (χ0) is 16.3. The van der Waals surface area contributed by atoms with E-state index in [1.165, 1.54) is 17.5 Å². The SMILES string of the molecule is Cc1cc(C)cc(OCCC(=O)N2CCC3(CCNC3)CC2)c1.Cl. The van der Waals surface area contributed by atoms with Crippen molar-refractivity contribution >= 4 is 18.3 Å². The number of piperidine rings is 1. The lowest BCUT2D eigenvalue weighted by Crippen LogP contribution is -2.44. The van der Waals surface area contributed by atoms with Crippen molar-refractivity contribution in [3.05, 3.63) is 29.3 Å². The van der Waals surface area contributed by atoms with Gasteiger partial charge in [-0.3, -0.25) is 4.79 Å². The number of nitrogens with one attached hydrogen (secondary N) is 1. The van der Waals surface area contributed by atoms with Gasteiger partial charge in [0.15, 0.2) is 0 Å². The van der Waals surface area contributed by atoms with Crippen LogP contribution in [0.5, 0.6) is 5.75 Å². The van der Waals surface area contributed by atoms with E-state index in [0.717, 1.165) is 44.8 Å². The third-order valence-electron chi connectivity index (χ3n) is 5.29. The van der Waals surface area contributed by atoms with E-state index >= 15 is 0 Å². The van der Waals surface area contributed by atoms with Gasteiger partial charge in [-0.1, -0.05) is 6.07 Å². The molecule has 2 aliphatic heterocycles. The minimum atomic E-state index is 0. The van der Waals surface area contributed by atoms with E-state index in [2.05, 4.69) is 25.2 Å². The molecule has 0 bridgehead atoms. The molecule has 0 unspecified atom stereocenters. The lowest BCUT2D eigenvalue weighted by molar-refractivity contribution is -0.133. The van der Waals surface area contributed by atoms with Crippen LogP contribution in [0.4, 0.5) is 0 Å². The minimum Gasteiger partial charge on any atom is -0.493 e. The van der Waals surface area contributed by atoms with Gasteiger partial charge in [0.1, 0.15) is 5.75 Å². The molecule has 2 heterocycles. The second-order valence-electron chi connectivity index (χ2n) is 7.23. The molecule has 4 nitrogen and oxygen atoms in total. The summed E-state index contributed by atoms with van der Waals surface area (Å²) in [5, 5.41) is 3.46. The highest BCUT2D eigenvalue weighted by Crippen LogP contribution is 2.36. The second-order valence-corrected chi connectivity index (χ2v) is 7.23. The molecule has 1 N–H and O–H groups in total. The van der Waals surface area contributed by atoms with Gasteiger partial charge in [0.25, 0.3) is 0 Å². The van der Waals surface area contributed by atoms with Crippen molar-refractivity contribution in [2.75, 3.05) is 32.8 Å². The molecule has 3 rings (SSSR count). The van der Waals surface area contributed by atoms with Crippen LogP contribution < -0.4 is 10.1 Å². The molecule has 0 aromatic heterocycles. The average molecular weight is 353 g/mol. The molecule has 1 spiro atoms. The largest absolute Gasteiger partial charge is 0.493 e. The van der Waals surface area contributed by atoms with Crippen molar-refractivity contribution in [2.24, 2.45) is 5.41 Å². The summed E-state index contributed by atoms with van der Waals surface area (Å²) in [6.07, 6.45) is 4.02. The first kappa shape index (κ1) is 19.1. The fraction of sp³-hybridized carbons (Fsp3) is 0.632. The number of amides is 1. The molecule has 134 valence electrons. The molecule has 0 radical (unpaired) electrons. The first-order valence-electron chi connectivity index (χ1n) is 8.76. The van der Waals surface area contributed by atoms with E-state index in [9.17, 15) is 4.79 Å². The fourth-order valence-electron chi connectivity index (χ4n) is 3.88. The van der Waals surface area contributed by atoms with E-state index in [4.69, 9.17) is 4.74 Å². The molecular formula is C19H29ClN2O2. The van der Waals surface area contributed by atoms with Crippen molar-refractivity contribution < 1.29 is 9.53 Å². The average Bonchev–Trinajstić information content (AvgIpc) is 2.95. The first-order valence-corrected chi connectivity index (χ1v) is 8.76. The van der Waals surface area contributed by atoms with Crippen LogP contribution in [0.1, 0.15) is 36.8 Å². The number of carbonyl (C=O) groups excluding carboxylic acids is 1. The summed E-state index contributed by atoms with van der Waals surface area (Å²) < 4.78 is 5.76. The second kappa shape index (κ2) is 8.21. The Kier molecular flexibility index (Phi) is 6.53. The predicted molar refractivity (Wildman–Crippen MR) is 99.0 cm³/mol. The number of nitrogens with zero attached hydrogens (tertiary/aromatic N) is 1. The lowest BCUT2D eigenvalue weighted by atomic mass is 9.78. The summed E-state index contributed by atoms with van der Waals surface area (Å²) in [4.78, 5) is 14.4. The molecule has 0 atom stereocenters. The van der Waals surface area contributed by atoms with Crippen LogP contribution in [0.3, 0.4) is 0 Å². The Morgan fingerprint density at radius 3 is 2.42 bits per heavy atom. The number of halogens is 1. The van der Waals surface area contributed by atoms with Gasteiger partial charge in [0, 0.05) is 19.6 Å². The number of ether oxygens (including phenoxy) is 1. The summed E-state index contributed by atoms with van der Waals surface area (Å²) in [5.41, 5.74) is 2.85. The van der Waals surface area contributed by atoms with Crippen LogP contribution in [0.25, 0.3) is 0 Å². The third kappa shape index (κ3) is 4.64. The zero-order valence-corrected chi connectivity index (χ0v) is 15.6. The zero-order valence-electron chi connectivity index (χ0n) is 14.8. The van der Waals surface area contributed by atoms with Gasteiger partial charge >= 0.3 is 0 Å². The molecule has 2 fully saturated rings. The van der Waals surface area contributed by atoms with Gasteiger partial charge in [-0.05, 0) is 68.3 Å². The van der Waals surface area contributed by atoms with Crippen molar-refractivity contribution in [1.82, 2.24) is 10.2 Å². The van der Waals surface area contributed by atoms with Gasteiger partial charge in [-0.25, -0.2) is 0 Å². The number of likely N-dealkylation sites (tertiary alicyclic amines) is 1. The van der Waals surface area contributed by atoms with Gasteiger partial charge in [-0.2, -0.15) is 0 Å². The number of carbonyl (C=O) groups is 1. The van der Waals surface area contributed by atoms with Gasteiger partial charge in [0.2, 0.25) is 5.91 Å². The van der Waals surface area contributed by atoms with Crippen LogP contribution in [-0.4, -0.2) is 43.6 Å². The van der Waals surface area contributed by atoms with E-state index in [1.807, 2.05) is 17.0 Å². The van der Waals surface area contributed by atoms with Crippen molar-refractivity contribution in [1.29, 1.82) is 0 Å². The smallest absolute Gasteiger partial charge is 0.225 e. The number of hydrogen-bond acceptors (Lipinski definition) is 3. The maximum absolute atomic E-state index is 12.4. The minimum absolute atomic E-state index is 0. The molecule has 1 aromatic carbocycles. The molecular weight excluding hydrogens is 324 g/mol. The van der Waals surface area contributed by atoms with Crippen LogP contribution in [0.2, 0.25) is 0 Å². The van der Waals surface area contributed by atoms with E-state index in [1.54, 1.807) is 0 Å². The summed E-state index contributed by atoms with van der Waals surface area (Å²) in [6, 6.07) is 6.17. The third-order valence-corrected chi connectivity index (χ3v) is 5.29. The Morgan fingerprint density at radius 1 is 1.17 bits per heavy atom. The topological polar surface area (TPSA) is 41.6 Å². The molecule has 0 aliphatic carbocycles. The number of rotatable bonds is 4. The highest BCUT2D eigenvalue weighted by atomic mass is 35.5. The Bertz CT molecular complexity index is 540. The predicted octanol–water partition coefficient (Wildman–Crippen LogP) is 3.10. The maximum Gasteiger partial charge on any atom is 0.225 e.